The lowest BCUT2D eigenvalue weighted by atomic mass is 9.68. The van der Waals surface area contributed by atoms with Crippen LogP contribution in [0.15, 0.2) is 12.1 Å². The van der Waals surface area contributed by atoms with Crippen LogP contribution in [0.4, 0.5) is 0 Å². The molecule has 0 amide bonds. The molecule has 0 saturated heterocycles. The molecule has 1 aromatic heterocycles. The summed E-state index contributed by atoms with van der Waals surface area (Å²) in [6, 6.07) is 4.01. The molecule has 2 atom stereocenters. The minimum atomic E-state index is 0.198. The van der Waals surface area contributed by atoms with Crippen molar-refractivity contribution in [3.63, 3.8) is 0 Å². The second kappa shape index (κ2) is 6.80. The van der Waals surface area contributed by atoms with Gasteiger partial charge in [0.05, 0.1) is 4.34 Å². The molecule has 2 nitrogen and oxygen atoms in total. The van der Waals surface area contributed by atoms with Crippen molar-refractivity contribution in [2.24, 2.45) is 17.3 Å². The molecule has 118 valence electrons. The Morgan fingerprint density at radius 1 is 1.38 bits per heavy atom. The molecule has 1 saturated carbocycles. The number of nitrogens with zero attached hydrogens (tertiary/aromatic N) is 1. The van der Waals surface area contributed by atoms with Gasteiger partial charge < -0.3 is 4.90 Å². The van der Waals surface area contributed by atoms with Gasteiger partial charge in [-0.2, -0.15) is 0 Å². The average Bonchev–Trinajstić information content (AvgIpc) is 2.76. The molecule has 21 heavy (non-hydrogen) atoms. The predicted octanol–water partition coefficient (Wildman–Crippen LogP) is 4.86. The molecular formula is C17H26ClNOS. The summed E-state index contributed by atoms with van der Waals surface area (Å²) >= 11 is 7.60. The Bertz CT molecular complexity index is 491. The maximum Gasteiger partial charge on any atom is 0.137 e. The number of Topliss-reactive ketones (excluding diaryl/α,β-unsaturated/α-hetero) is 1. The van der Waals surface area contributed by atoms with E-state index in [1.165, 1.54) is 4.88 Å². The van der Waals surface area contributed by atoms with Gasteiger partial charge in [-0.3, -0.25) is 4.79 Å². The lowest BCUT2D eigenvalue weighted by molar-refractivity contribution is -0.127. The monoisotopic (exact) mass is 327 g/mol. The summed E-state index contributed by atoms with van der Waals surface area (Å²) in [5.41, 5.74) is 0.304. The molecule has 4 heteroatoms. The number of carbonyl (C=O) groups excluding carboxylic acids is 1. The van der Waals surface area contributed by atoms with Crippen molar-refractivity contribution in [3.8, 4) is 0 Å². The summed E-state index contributed by atoms with van der Waals surface area (Å²) in [6.45, 7) is 8.62. The fraction of sp³-hybridized carbons (Fsp3) is 0.706. The summed E-state index contributed by atoms with van der Waals surface area (Å²) in [5, 5.41) is 0. The fourth-order valence-electron chi connectivity index (χ4n) is 3.22. The number of hydrogen-bond donors (Lipinski definition) is 0. The normalized spacial score (nSPS) is 23.8. The fourth-order valence-corrected chi connectivity index (χ4v) is 4.39. The van der Waals surface area contributed by atoms with Crippen LogP contribution in [-0.2, 0) is 11.3 Å². The number of halogens is 1. The zero-order valence-electron chi connectivity index (χ0n) is 13.5. The summed E-state index contributed by atoms with van der Waals surface area (Å²) in [5.74, 6) is 1.31. The first-order valence-electron chi connectivity index (χ1n) is 7.71. The van der Waals surface area contributed by atoms with Crippen molar-refractivity contribution in [2.75, 3.05) is 13.6 Å². The number of carbonyl (C=O) groups is 1. The van der Waals surface area contributed by atoms with E-state index < -0.39 is 0 Å². The molecule has 1 heterocycles. The molecule has 1 aromatic rings. The van der Waals surface area contributed by atoms with Crippen molar-refractivity contribution in [2.45, 2.75) is 46.6 Å². The zero-order chi connectivity index (χ0) is 15.6. The molecule has 0 spiro atoms. The molecule has 0 bridgehead atoms. The Hall–Kier alpha value is -0.380. The van der Waals surface area contributed by atoms with E-state index in [0.717, 1.165) is 36.7 Å². The molecule has 1 aliphatic carbocycles. The van der Waals surface area contributed by atoms with E-state index in [0.29, 0.717) is 17.1 Å². The predicted molar refractivity (Wildman–Crippen MR) is 91.0 cm³/mol. The number of hydrogen-bond acceptors (Lipinski definition) is 3. The topological polar surface area (TPSA) is 20.3 Å². The molecule has 0 N–H and O–H groups in total. The highest BCUT2D eigenvalue weighted by Crippen LogP contribution is 2.39. The molecule has 0 radical (unpaired) electrons. The van der Waals surface area contributed by atoms with E-state index in [1.807, 2.05) is 6.07 Å². The molecule has 0 aliphatic heterocycles. The average molecular weight is 328 g/mol. The van der Waals surface area contributed by atoms with Crippen LogP contribution in [0.2, 0.25) is 4.34 Å². The first-order chi connectivity index (χ1) is 9.75. The number of ketones is 1. The lowest BCUT2D eigenvalue weighted by Crippen LogP contribution is -2.37. The summed E-state index contributed by atoms with van der Waals surface area (Å²) in [6.07, 6.45) is 2.85. The maximum atomic E-state index is 12.2. The van der Waals surface area contributed by atoms with Gasteiger partial charge in [-0.15, -0.1) is 11.3 Å². The van der Waals surface area contributed by atoms with Gasteiger partial charge in [0.15, 0.2) is 0 Å². The van der Waals surface area contributed by atoms with Gasteiger partial charge in [0.2, 0.25) is 0 Å². The van der Waals surface area contributed by atoms with Crippen molar-refractivity contribution >= 4 is 28.7 Å². The maximum absolute atomic E-state index is 12.2. The van der Waals surface area contributed by atoms with Crippen LogP contribution in [0.3, 0.4) is 0 Å². The summed E-state index contributed by atoms with van der Waals surface area (Å²) in [4.78, 5) is 15.7. The number of rotatable bonds is 4. The highest BCUT2D eigenvalue weighted by atomic mass is 35.5. The third-order valence-electron chi connectivity index (χ3n) is 4.57. The molecule has 1 fully saturated rings. The van der Waals surface area contributed by atoms with Crippen molar-refractivity contribution in [1.29, 1.82) is 0 Å². The molecule has 2 rings (SSSR count). The van der Waals surface area contributed by atoms with Gasteiger partial charge in [0.1, 0.15) is 5.78 Å². The van der Waals surface area contributed by atoms with E-state index in [2.05, 4.69) is 38.8 Å². The van der Waals surface area contributed by atoms with Crippen molar-refractivity contribution in [1.82, 2.24) is 4.90 Å². The number of thiophene rings is 1. The first-order valence-corrected chi connectivity index (χ1v) is 8.90. The van der Waals surface area contributed by atoms with Gasteiger partial charge in [-0.1, -0.05) is 32.4 Å². The van der Waals surface area contributed by atoms with E-state index in [-0.39, 0.29) is 5.92 Å². The van der Waals surface area contributed by atoms with Crippen LogP contribution >= 0.6 is 22.9 Å². The van der Waals surface area contributed by atoms with E-state index in [4.69, 9.17) is 11.6 Å². The van der Waals surface area contributed by atoms with Gasteiger partial charge >= 0.3 is 0 Å². The highest BCUT2D eigenvalue weighted by Gasteiger charge is 2.35. The Kier molecular flexibility index (Phi) is 5.50. The third kappa shape index (κ3) is 4.80. The van der Waals surface area contributed by atoms with E-state index in [1.54, 1.807) is 11.3 Å². The van der Waals surface area contributed by atoms with Crippen LogP contribution in [0.1, 0.15) is 44.9 Å². The van der Waals surface area contributed by atoms with Gasteiger partial charge in [-0.05, 0) is 43.4 Å². The van der Waals surface area contributed by atoms with Crippen molar-refractivity contribution in [3.05, 3.63) is 21.3 Å². The van der Waals surface area contributed by atoms with E-state index >= 15 is 0 Å². The first kappa shape index (κ1) is 17.0. The van der Waals surface area contributed by atoms with Crippen molar-refractivity contribution < 1.29 is 4.79 Å². The standard InChI is InChI=1S/C17H26ClNOS/c1-17(2,3)13-5-7-15(20)12(9-13)10-19(4)11-14-6-8-16(18)21-14/h6,8,12-13H,5,7,9-11H2,1-4H3. The second-order valence-electron chi connectivity index (χ2n) is 7.40. The molecular weight excluding hydrogens is 302 g/mol. The third-order valence-corrected chi connectivity index (χ3v) is 5.79. The summed E-state index contributed by atoms with van der Waals surface area (Å²) < 4.78 is 0.833. The molecule has 1 aliphatic rings. The molecule has 0 aromatic carbocycles. The Morgan fingerprint density at radius 2 is 2.10 bits per heavy atom. The Labute approximate surface area is 137 Å². The quantitative estimate of drug-likeness (QED) is 0.786. The summed E-state index contributed by atoms with van der Waals surface area (Å²) in [7, 11) is 2.10. The highest BCUT2D eigenvalue weighted by molar-refractivity contribution is 7.16. The van der Waals surface area contributed by atoms with Crippen LogP contribution in [0.5, 0.6) is 0 Å². The largest absolute Gasteiger partial charge is 0.301 e. The van der Waals surface area contributed by atoms with Crippen LogP contribution in [0, 0.1) is 17.3 Å². The Balaban J connectivity index is 1.92. The van der Waals surface area contributed by atoms with Crippen LogP contribution < -0.4 is 0 Å². The minimum Gasteiger partial charge on any atom is -0.301 e. The Morgan fingerprint density at radius 3 is 2.67 bits per heavy atom. The van der Waals surface area contributed by atoms with Gasteiger partial charge in [0.25, 0.3) is 0 Å². The van der Waals surface area contributed by atoms with Gasteiger partial charge in [-0.25, -0.2) is 0 Å². The second-order valence-corrected chi connectivity index (χ2v) is 9.20. The zero-order valence-corrected chi connectivity index (χ0v) is 15.1. The SMILES string of the molecule is CN(Cc1ccc(Cl)s1)CC1CC(C(C)(C)C)CCC1=O. The van der Waals surface area contributed by atoms with Crippen LogP contribution in [0.25, 0.3) is 0 Å². The van der Waals surface area contributed by atoms with E-state index in [9.17, 15) is 4.79 Å². The molecule has 2 unspecified atom stereocenters. The lowest BCUT2D eigenvalue weighted by Gasteiger charge is -2.38. The minimum absolute atomic E-state index is 0.198. The van der Waals surface area contributed by atoms with Gasteiger partial charge in [0, 0.05) is 30.3 Å². The van der Waals surface area contributed by atoms with Crippen LogP contribution in [-0.4, -0.2) is 24.3 Å². The smallest absolute Gasteiger partial charge is 0.137 e.